The summed E-state index contributed by atoms with van der Waals surface area (Å²) in [5.41, 5.74) is 0.872. The Hall–Kier alpha value is -2.08. The molecule has 2 aromatic rings. The largest absolute Gasteiger partial charge is 0.410 e. The van der Waals surface area contributed by atoms with E-state index in [0.717, 1.165) is 5.56 Å². The Balaban J connectivity index is 2.43. The molecule has 3 heteroatoms. The van der Waals surface area contributed by atoms with Crippen LogP contribution in [0.4, 0.5) is 0 Å². The van der Waals surface area contributed by atoms with Gasteiger partial charge < -0.3 is 4.42 Å². The van der Waals surface area contributed by atoms with Crippen LogP contribution >= 0.6 is 0 Å². The van der Waals surface area contributed by atoms with Gasteiger partial charge in [0.05, 0.1) is 0 Å². The predicted octanol–water partition coefficient (Wildman–Crippen LogP) is 1.72. The lowest BCUT2D eigenvalue weighted by Gasteiger charge is -1.90. The Morgan fingerprint density at radius 2 is 1.92 bits per heavy atom. The molecule has 0 unspecified atom stereocenters. The van der Waals surface area contributed by atoms with Crippen LogP contribution in [0, 0.1) is 12.3 Å². The molecule has 0 fully saturated rings. The van der Waals surface area contributed by atoms with Crippen molar-refractivity contribution in [2.45, 2.75) is 0 Å². The van der Waals surface area contributed by atoms with Crippen LogP contribution in [-0.4, -0.2) is 10.2 Å². The molecule has 0 spiro atoms. The van der Waals surface area contributed by atoms with Gasteiger partial charge in [-0.2, -0.15) is 0 Å². The van der Waals surface area contributed by atoms with Crippen molar-refractivity contribution < 1.29 is 4.42 Å². The van der Waals surface area contributed by atoms with E-state index >= 15 is 0 Å². The van der Waals surface area contributed by atoms with Gasteiger partial charge in [0.15, 0.2) is 0 Å². The molecule has 0 atom stereocenters. The van der Waals surface area contributed by atoms with Crippen molar-refractivity contribution in [2.75, 3.05) is 0 Å². The van der Waals surface area contributed by atoms with E-state index in [2.05, 4.69) is 16.1 Å². The van der Waals surface area contributed by atoms with Crippen LogP contribution in [0.15, 0.2) is 34.7 Å². The van der Waals surface area contributed by atoms with Gasteiger partial charge in [0.1, 0.15) is 0 Å². The SMILES string of the molecule is C#Cc1nnc(-c2ccccc2)o1. The van der Waals surface area contributed by atoms with Crippen LogP contribution in [0.2, 0.25) is 0 Å². The molecule has 1 heterocycles. The number of nitrogens with zero attached hydrogens (tertiary/aromatic N) is 2. The zero-order chi connectivity index (χ0) is 9.10. The van der Waals surface area contributed by atoms with E-state index in [4.69, 9.17) is 10.8 Å². The highest BCUT2D eigenvalue weighted by molar-refractivity contribution is 5.52. The topological polar surface area (TPSA) is 38.9 Å². The maximum absolute atomic E-state index is 5.16. The number of rotatable bonds is 1. The number of terminal acetylenes is 1. The minimum atomic E-state index is 0.207. The Morgan fingerprint density at radius 1 is 1.15 bits per heavy atom. The van der Waals surface area contributed by atoms with Gasteiger partial charge in [0.2, 0.25) is 5.89 Å². The first-order chi connectivity index (χ1) is 6.40. The second-order valence-electron chi connectivity index (χ2n) is 2.42. The molecule has 0 N–H and O–H groups in total. The lowest BCUT2D eigenvalue weighted by atomic mass is 10.2. The first-order valence-corrected chi connectivity index (χ1v) is 3.75. The third kappa shape index (κ3) is 1.42. The van der Waals surface area contributed by atoms with Crippen LogP contribution in [0.25, 0.3) is 11.5 Å². The monoisotopic (exact) mass is 170 g/mol. The molecule has 2 rings (SSSR count). The summed E-state index contributed by atoms with van der Waals surface area (Å²) in [4.78, 5) is 0. The van der Waals surface area contributed by atoms with Crippen molar-refractivity contribution >= 4 is 0 Å². The highest BCUT2D eigenvalue weighted by Crippen LogP contribution is 2.15. The van der Waals surface area contributed by atoms with Gasteiger partial charge in [-0.1, -0.05) is 23.3 Å². The molecule has 1 aromatic carbocycles. The quantitative estimate of drug-likeness (QED) is 0.611. The highest BCUT2D eigenvalue weighted by Gasteiger charge is 2.04. The van der Waals surface area contributed by atoms with Crippen molar-refractivity contribution in [3.8, 4) is 23.8 Å². The van der Waals surface area contributed by atoms with E-state index < -0.39 is 0 Å². The zero-order valence-electron chi connectivity index (χ0n) is 6.77. The van der Waals surface area contributed by atoms with E-state index in [-0.39, 0.29) is 5.89 Å². The maximum Gasteiger partial charge on any atom is 0.293 e. The Morgan fingerprint density at radius 3 is 2.54 bits per heavy atom. The Labute approximate surface area is 75.4 Å². The molecule has 0 aliphatic heterocycles. The van der Waals surface area contributed by atoms with Crippen molar-refractivity contribution in [3.05, 3.63) is 36.2 Å². The van der Waals surface area contributed by atoms with Gasteiger partial charge >= 0.3 is 0 Å². The van der Waals surface area contributed by atoms with Crippen LogP contribution in [-0.2, 0) is 0 Å². The minimum Gasteiger partial charge on any atom is -0.410 e. The van der Waals surface area contributed by atoms with Gasteiger partial charge in [-0.25, -0.2) is 0 Å². The van der Waals surface area contributed by atoms with Crippen LogP contribution in [0.5, 0.6) is 0 Å². The van der Waals surface area contributed by atoms with Gasteiger partial charge in [0.25, 0.3) is 5.89 Å². The number of benzene rings is 1. The summed E-state index contributed by atoms with van der Waals surface area (Å²) in [6.45, 7) is 0. The predicted molar refractivity (Wildman–Crippen MR) is 47.7 cm³/mol. The molecular weight excluding hydrogens is 164 g/mol. The fourth-order valence-corrected chi connectivity index (χ4v) is 0.979. The average Bonchev–Trinajstić information content (AvgIpc) is 2.67. The molecule has 0 bridgehead atoms. The van der Waals surface area contributed by atoms with Gasteiger partial charge in [0, 0.05) is 5.56 Å². The third-order valence-electron chi connectivity index (χ3n) is 1.57. The third-order valence-corrected chi connectivity index (χ3v) is 1.57. The molecule has 62 valence electrons. The molecular formula is C10H6N2O. The number of aromatic nitrogens is 2. The molecule has 0 saturated carbocycles. The summed E-state index contributed by atoms with van der Waals surface area (Å²) >= 11 is 0. The van der Waals surface area contributed by atoms with E-state index in [9.17, 15) is 0 Å². The molecule has 0 radical (unpaired) electrons. The number of hydrogen-bond acceptors (Lipinski definition) is 3. The molecule has 0 aliphatic rings. The van der Waals surface area contributed by atoms with Crippen molar-refractivity contribution in [1.29, 1.82) is 0 Å². The van der Waals surface area contributed by atoms with Crippen molar-refractivity contribution in [2.24, 2.45) is 0 Å². The van der Waals surface area contributed by atoms with Gasteiger partial charge in [-0.3, -0.25) is 0 Å². The van der Waals surface area contributed by atoms with Gasteiger partial charge in [-0.05, 0) is 18.1 Å². The summed E-state index contributed by atoms with van der Waals surface area (Å²) in [5, 5.41) is 7.46. The zero-order valence-corrected chi connectivity index (χ0v) is 6.77. The molecule has 13 heavy (non-hydrogen) atoms. The van der Waals surface area contributed by atoms with E-state index in [1.807, 2.05) is 30.3 Å². The molecule has 0 aliphatic carbocycles. The Bertz CT molecular complexity index is 439. The summed E-state index contributed by atoms with van der Waals surface area (Å²) in [5.74, 6) is 2.94. The van der Waals surface area contributed by atoms with E-state index in [0.29, 0.717) is 5.89 Å². The first kappa shape index (κ1) is 7.56. The normalized spacial score (nSPS) is 9.46. The van der Waals surface area contributed by atoms with Crippen LogP contribution in [0.1, 0.15) is 5.89 Å². The maximum atomic E-state index is 5.16. The highest BCUT2D eigenvalue weighted by atomic mass is 16.4. The summed E-state index contributed by atoms with van der Waals surface area (Å²) in [6.07, 6.45) is 5.09. The van der Waals surface area contributed by atoms with E-state index in [1.165, 1.54) is 0 Å². The summed E-state index contributed by atoms with van der Waals surface area (Å²) in [7, 11) is 0. The summed E-state index contributed by atoms with van der Waals surface area (Å²) in [6, 6.07) is 9.48. The molecule has 3 nitrogen and oxygen atoms in total. The van der Waals surface area contributed by atoms with Crippen molar-refractivity contribution in [1.82, 2.24) is 10.2 Å². The molecule has 0 saturated heterocycles. The van der Waals surface area contributed by atoms with Crippen LogP contribution < -0.4 is 0 Å². The lowest BCUT2D eigenvalue weighted by molar-refractivity contribution is 0.555. The average molecular weight is 170 g/mol. The van der Waals surface area contributed by atoms with Gasteiger partial charge in [-0.15, -0.1) is 11.5 Å². The second-order valence-corrected chi connectivity index (χ2v) is 2.42. The van der Waals surface area contributed by atoms with E-state index in [1.54, 1.807) is 0 Å². The fourth-order valence-electron chi connectivity index (χ4n) is 0.979. The standard InChI is InChI=1S/C10H6N2O/c1-2-9-11-12-10(13-9)8-6-4-3-5-7-8/h1,3-7H. The Kier molecular flexibility index (Phi) is 1.81. The summed E-state index contributed by atoms with van der Waals surface area (Å²) < 4.78 is 5.16. The fraction of sp³-hybridized carbons (Fsp3) is 0. The smallest absolute Gasteiger partial charge is 0.293 e. The van der Waals surface area contributed by atoms with Crippen molar-refractivity contribution in [3.63, 3.8) is 0 Å². The molecule has 0 amide bonds. The van der Waals surface area contributed by atoms with Crippen LogP contribution in [0.3, 0.4) is 0 Å². The first-order valence-electron chi connectivity index (χ1n) is 3.75. The lowest BCUT2D eigenvalue weighted by Crippen LogP contribution is -1.75. The number of hydrogen-bond donors (Lipinski definition) is 0. The minimum absolute atomic E-state index is 0.207. The molecule has 1 aromatic heterocycles. The second kappa shape index (κ2) is 3.11.